The van der Waals surface area contributed by atoms with Crippen molar-refractivity contribution in [3.05, 3.63) is 76.6 Å². The van der Waals surface area contributed by atoms with Crippen LogP contribution in [0.5, 0.6) is 0 Å². The van der Waals surface area contributed by atoms with E-state index < -0.39 is 11.9 Å². The first-order valence-electron chi connectivity index (χ1n) is 8.33. The Kier molecular flexibility index (Phi) is 5.86. The molecule has 1 heterocycles. The highest BCUT2D eigenvalue weighted by Crippen LogP contribution is 2.23. The van der Waals surface area contributed by atoms with E-state index >= 15 is 0 Å². The first-order chi connectivity index (χ1) is 13.5. The van der Waals surface area contributed by atoms with Crippen LogP contribution in [-0.4, -0.2) is 29.0 Å². The molecule has 3 rings (SSSR count). The number of nitrogens with zero attached hydrogens (tertiary/aromatic N) is 2. The van der Waals surface area contributed by atoms with Crippen molar-refractivity contribution in [2.24, 2.45) is 0 Å². The summed E-state index contributed by atoms with van der Waals surface area (Å²) < 4.78 is 4.65. The maximum atomic E-state index is 12.6. The van der Waals surface area contributed by atoms with Crippen molar-refractivity contribution in [2.75, 3.05) is 17.7 Å². The molecule has 142 valence electrons. The van der Waals surface area contributed by atoms with Crippen LogP contribution in [0.1, 0.15) is 26.5 Å². The van der Waals surface area contributed by atoms with Crippen molar-refractivity contribution < 1.29 is 14.3 Å². The number of rotatable bonds is 5. The maximum Gasteiger partial charge on any atom is 0.337 e. The lowest BCUT2D eigenvalue weighted by atomic mass is 10.2. The van der Waals surface area contributed by atoms with E-state index in [2.05, 4.69) is 25.3 Å². The topological polar surface area (TPSA) is 93.2 Å². The van der Waals surface area contributed by atoms with Gasteiger partial charge in [0.25, 0.3) is 5.91 Å². The summed E-state index contributed by atoms with van der Waals surface area (Å²) in [5, 5.41) is 6.27. The Morgan fingerprint density at radius 3 is 2.43 bits per heavy atom. The number of aromatic nitrogens is 2. The van der Waals surface area contributed by atoms with Crippen molar-refractivity contribution in [1.82, 2.24) is 9.97 Å². The van der Waals surface area contributed by atoms with Gasteiger partial charge < -0.3 is 15.4 Å². The highest BCUT2D eigenvalue weighted by atomic mass is 35.5. The Hall–Kier alpha value is -3.45. The maximum absolute atomic E-state index is 12.6. The second-order valence-electron chi connectivity index (χ2n) is 5.85. The van der Waals surface area contributed by atoms with Crippen LogP contribution in [0.4, 0.5) is 17.3 Å². The third-order valence-corrected chi connectivity index (χ3v) is 4.10. The molecule has 0 saturated heterocycles. The molecule has 0 aliphatic carbocycles. The molecular formula is C20H17ClN4O3. The Morgan fingerprint density at radius 1 is 1.04 bits per heavy atom. The van der Waals surface area contributed by atoms with E-state index in [0.29, 0.717) is 27.7 Å². The Balaban J connectivity index is 1.77. The van der Waals surface area contributed by atoms with E-state index in [-0.39, 0.29) is 11.6 Å². The Bertz CT molecular complexity index is 1020. The molecule has 0 aliphatic rings. The minimum absolute atomic E-state index is 0.194. The van der Waals surface area contributed by atoms with E-state index in [1.165, 1.54) is 7.11 Å². The number of halogens is 1. The zero-order valence-electron chi connectivity index (χ0n) is 15.2. The molecular weight excluding hydrogens is 380 g/mol. The molecule has 1 aromatic heterocycles. The third kappa shape index (κ3) is 4.63. The summed E-state index contributed by atoms with van der Waals surface area (Å²) in [5.74, 6) is -0.586. The highest BCUT2D eigenvalue weighted by Gasteiger charge is 2.13. The molecule has 1 amide bonds. The lowest BCUT2D eigenvalue weighted by Crippen LogP contribution is -2.15. The van der Waals surface area contributed by atoms with Gasteiger partial charge in [-0.3, -0.25) is 4.79 Å². The molecule has 0 bridgehead atoms. The summed E-state index contributed by atoms with van der Waals surface area (Å²) in [6.07, 6.45) is 0. The smallest absolute Gasteiger partial charge is 0.337 e. The van der Waals surface area contributed by atoms with E-state index in [1.807, 2.05) is 12.1 Å². The zero-order chi connectivity index (χ0) is 20.1. The fourth-order valence-electron chi connectivity index (χ4n) is 2.43. The lowest BCUT2D eigenvalue weighted by molar-refractivity contribution is 0.0600. The number of para-hydroxylation sites is 1. The molecule has 0 radical (unpaired) electrons. The number of benzene rings is 2. The van der Waals surface area contributed by atoms with Crippen molar-refractivity contribution in [2.45, 2.75) is 6.92 Å². The third-order valence-electron chi connectivity index (χ3n) is 3.77. The van der Waals surface area contributed by atoms with Crippen LogP contribution >= 0.6 is 11.6 Å². The number of amides is 1. The number of aryl methyl sites for hydroxylation is 1. The zero-order valence-corrected chi connectivity index (χ0v) is 15.9. The van der Waals surface area contributed by atoms with Crippen molar-refractivity contribution in [3.8, 4) is 0 Å². The first kappa shape index (κ1) is 19.3. The van der Waals surface area contributed by atoms with Gasteiger partial charge in [-0.25, -0.2) is 14.8 Å². The van der Waals surface area contributed by atoms with Crippen molar-refractivity contribution in [1.29, 1.82) is 0 Å². The molecule has 7 nitrogen and oxygen atoms in total. The van der Waals surface area contributed by atoms with Crippen LogP contribution in [0.15, 0.2) is 54.6 Å². The number of anilines is 3. The van der Waals surface area contributed by atoms with Gasteiger partial charge in [-0.15, -0.1) is 0 Å². The second kappa shape index (κ2) is 8.49. The standard InChI is InChI=1S/C20H17ClN4O3/c1-12-11-17(25-20(22-12)24-16-6-4-3-5-15(16)21)18(26)23-14-9-7-13(8-10-14)19(27)28-2/h3-11H,1-2H3,(H,23,26)(H,22,24,25). The van der Waals surface area contributed by atoms with Crippen LogP contribution in [-0.2, 0) is 4.74 Å². The van der Waals surface area contributed by atoms with Gasteiger partial charge in [0.05, 0.1) is 23.4 Å². The molecule has 2 N–H and O–H groups in total. The predicted molar refractivity (Wildman–Crippen MR) is 107 cm³/mol. The monoisotopic (exact) mass is 396 g/mol. The van der Waals surface area contributed by atoms with Gasteiger partial charge in [0.1, 0.15) is 5.69 Å². The normalized spacial score (nSPS) is 10.2. The van der Waals surface area contributed by atoms with Crippen LogP contribution in [0.3, 0.4) is 0 Å². The summed E-state index contributed by atoms with van der Waals surface area (Å²) in [4.78, 5) is 32.6. The second-order valence-corrected chi connectivity index (χ2v) is 6.25. The van der Waals surface area contributed by atoms with E-state index in [0.717, 1.165) is 0 Å². The SMILES string of the molecule is COC(=O)c1ccc(NC(=O)c2cc(C)nc(Nc3ccccc3Cl)n2)cc1. The molecule has 0 fully saturated rings. The molecule has 0 spiro atoms. The molecule has 28 heavy (non-hydrogen) atoms. The fourth-order valence-corrected chi connectivity index (χ4v) is 2.61. The average molecular weight is 397 g/mol. The largest absolute Gasteiger partial charge is 0.465 e. The van der Waals surface area contributed by atoms with Crippen molar-refractivity contribution >= 4 is 40.8 Å². The molecule has 0 unspecified atom stereocenters. The molecule has 0 aliphatic heterocycles. The van der Waals surface area contributed by atoms with Crippen molar-refractivity contribution in [3.63, 3.8) is 0 Å². The predicted octanol–water partition coefficient (Wildman–Crippen LogP) is 4.22. The van der Waals surface area contributed by atoms with Gasteiger partial charge in [-0.2, -0.15) is 0 Å². The average Bonchev–Trinajstić information content (AvgIpc) is 2.69. The number of esters is 1. The number of hydrogen-bond donors (Lipinski definition) is 2. The van der Waals surface area contributed by atoms with Crippen LogP contribution in [0.2, 0.25) is 5.02 Å². The van der Waals surface area contributed by atoms with Gasteiger partial charge in [0.2, 0.25) is 5.95 Å². The summed E-state index contributed by atoms with van der Waals surface area (Å²) in [5.41, 5.74) is 2.37. The summed E-state index contributed by atoms with van der Waals surface area (Å²) >= 11 is 6.14. The molecule has 3 aromatic rings. The molecule has 0 atom stereocenters. The summed E-state index contributed by atoms with van der Waals surface area (Å²) in [6, 6.07) is 15.1. The van der Waals surface area contributed by atoms with Gasteiger partial charge in [-0.1, -0.05) is 23.7 Å². The summed E-state index contributed by atoms with van der Waals surface area (Å²) in [6.45, 7) is 1.77. The number of methoxy groups -OCH3 is 1. The Morgan fingerprint density at radius 2 is 1.75 bits per heavy atom. The van der Waals surface area contributed by atoms with E-state index in [1.54, 1.807) is 49.4 Å². The first-order valence-corrected chi connectivity index (χ1v) is 8.71. The summed E-state index contributed by atoms with van der Waals surface area (Å²) in [7, 11) is 1.31. The van der Waals surface area contributed by atoms with Crippen LogP contribution in [0, 0.1) is 6.92 Å². The van der Waals surface area contributed by atoms with Crippen LogP contribution in [0.25, 0.3) is 0 Å². The number of carbonyl (C=O) groups excluding carboxylic acids is 2. The number of ether oxygens (including phenoxy) is 1. The Labute approximate surface area is 166 Å². The number of nitrogens with one attached hydrogen (secondary N) is 2. The van der Waals surface area contributed by atoms with Gasteiger partial charge in [-0.05, 0) is 49.4 Å². The van der Waals surface area contributed by atoms with Crippen LogP contribution < -0.4 is 10.6 Å². The number of hydrogen-bond acceptors (Lipinski definition) is 6. The fraction of sp³-hybridized carbons (Fsp3) is 0.100. The van der Waals surface area contributed by atoms with Gasteiger partial charge in [0.15, 0.2) is 0 Å². The molecule has 0 saturated carbocycles. The number of carbonyl (C=O) groups is 2. The highest BCUT2D eigenvalue weighted by molar-refractivity contribution is 6.33. The van der Waals surface area contributed by atoms with Gasteiger partial charge >= 0.3 is 5.97 Å². The van der Waals surface area contributed by atoms with E-state index in [4.69, 9.17) is 11.6 Å². The minimum Gasteiger partial charge on any atom is -0.465 e. The lowest BCUT2D eigenvalue weighted by Gasteiger charge is -2.10. The quantitative estimate of drug-likeness (QED) is 0.627. The molecule has 2 aromatic carbocycles. The minimum atomic E-state index is -0.445. The molecule has 8 heteroatoms. The van der Waals surface area contributed by atoms with Gasteiger partial charge in [0, 0.05) is 11.4 Å². The van der Waals surface area contributed by atoms with E-state index in [9.17, 15) is 9.59 Å².